The van der Waals surface area contributed by atoms with Crippen molar-refractivity contribution < 1.29 is 4.79 Å². The van der Waals surface area contributed by atoms with E-state index in [1.165, 1.54) is 0 Å². The van der Waals surface area contributed by atoms with Crippen molar-refractivity contribution in [3.8, 4) is 12.1 Å². The Hall–Kier alpha value is -3.03. The largest absolute Gasteiger partial charge is 0.383 e. The molecule has 2 aromatic rings. The van der Waals surface area contributed by atoms with Crippen molar-refractivity contribution in [1.82, 2.24) is 4.98 Å². The number of nitrogens with two attached hydrogens (primary N) is 2. The fourth-order valence-electron chi connectivity index (χ4n) is 2.72. The number of hydrogen-bond donors (Lipinski definition) is 2. The van der Waals surface area contributed by atoms with Crippen molar-refractivity contribution in [3.05, 3.63) is 52.6 Å². The average Bonchev–Trinajstić information content (AvgIpc) is 3.44. The third-order valence-electron chi connectivity index (χ3n) is 4.03. The minimum absolute atomic E-state index is 0.0854. The number of benzene rings is 1. The standard InChI is InChI=1S/C18H15N5OS/c19-8-12-14(10-6-7-10)13(9-20)18(23-16(12)21)25-15(17(22)24)11-4-2-1-3-5-11/h1-5,10,15H,6-7H2,(H2,21,23)(H2,22,24). The first-order chi connectivity index (χ1) is 12.1. The number of nitrogens with zero attached hydrogens (tertiary/aromatic N) is 3. The molecule has 0 spiro atoms. The molecule has 1 amide bonds. The lowest BCUT2D eigenvalue weighted by Gasteiger charge is -2.16. The number of nitriles is 2. The molecular weight excluding hydrogens is 334 g/mol. The number of pyridine rings is 1. The molecule has 25 heavy (non-hydrogen) atoms. The van der Waals surface area contributed by atoms with Crippen molar-refractivity contribution in [2.24, 2.45) is 5.73 Å². The summed E-state index contributed by atoms with van der Waals surface area (Å²) >= 11 is 1.10. The average molecular weight is 349 g/mol. The predicted molar refractivity (Wildman–Crippen MR) is 94.3 cm³/mol. The predicted octanol–water partition coefficient (Wildman–Crippen LogP) is 2.60. The molecule has 0 aliphatic heterocycles. The minimum atomic E-state index is -0.694. The molecule has 1 fully saturated rings. The number of rotatable bonds is 5. The molecule has 1 aromatic carbocycles. The summed E-state index contributed by atoms with van der Waals surface area (Å²) in [5, 5.41) is 18.7. The molecule has 0 bridgehead atoms. The third kappa shape index (κ3) is 3.28. The fraction of sp³-hybridized carbons (Fsp3) is 0.222. The van der Waals surface area contributed by atoms with Gasteiger partial charge >= 0.3 is 0 Å². The fourth-order valence-corrected chi connectivity index (χ4v) is 3.78. The highest BCUT2D eigenvalue weighted by Crippen LogP contribution is 2.47. The monoisotopic (exact) mass is 349 g/mol. The molecular formula is C18H15N5OS. The van der Waals surface area contributed by atoms with Crippen molar-refractivity contribution in [2.75, 3.05) is 5.73 Å². The SMILES string of the molecule is N#Cc1c(N)nc(SC(C(N)=O)c2ccccc2)c(C#N)c1C1CC1. The number of aromatic nitrogens is 1. The van der Waals surface area contributed by atoms with Gasteiger partial charge in [-0.15, -0.1) is 0 Å². The summed E-state index contributed by atoms with van der Waals surface area (Å²) in [7, 11) is 0. The van der Waals surface area contributed by atoms with Gasteiger partial charge in [0.1, 0.15) is 28.2 Å². The normalized spacial score (nSPS) is 14.3. The van der Waals surface area contributed by atoms with Crippen LogP contribution in [-0.2, 0) is 4.79 Å². The number of hydrogen-bond acceptors (Lipinski definition) is 6. The van der Waals surface area contributed by atoms with Gasteiger partial charge < -0.3 is 11.5 Å². The minimum Gasteiger partial charge on any atom is -0.383 e. The quantitative estimate of drug-likeness (QED) is 0.798. The van der Waals surface area contributed by atoms with Crippen LogP contribution in [0.5, 0.6) is 0 Å². The lowest BCUT2D eigenvalue weighted by Crippen LogP contribution is -2.19. The molecule has 124 valence electrons. The maximum Gasteiger partial charge on any atom is 0.235 e. The number of anilines is 1. The molecule has 4 N–H and O–H groups in total. The summed E-state index contributed by atoms with van der Waals surface area (Å²) in [5.74, 6) is -0.294. The van der Waals surface area contributed by atoms with Crippen LogP contribution in [-0.4, -0.2) is 10.9 Å². The van der Waals surface area contributed by atoms with Gasteiger partial charge in [0.2, 0.25) is 5.91 Å². The molecule has 1 heterocycles. The lowest BCUT2D eigenvalue weighted by atomic mass is 10.0. The second-order valence-corrected chi connectivity index (χ2v) is 6.87. The zero-order chi connectivity index (χ0) is 18.0. The summed E-state index contributed by atoms with van der Waals surface area (Å²) < 4.78 is 0. The van der Waals surface area contributed by atoms with E-state index in [0.717, 1.165) is 30.2 Å². The van der Waals surface area contributed by atoms with Crippen LogP contribution in [0.1, 0.15) is 46.3 Å². The number of carbonyl (C=O) groups excluding carboxylic acids is 1. The molecule has 1 atom stereocenters. The van der Waals surface area contributed by atoms with E-state index >= 15 is 0 Å². The molecule has 1 aliphatic rings. The van der Waals surface area contributed by atoms with Crippen LogP contribution >= 0.6 is 11.8 Å². The van der Waals surface area contributed by atoms with Gasteiger partial charge in [-0.2, -0.15) is 10.5 Å². The molecule has 7 heteroatoms. The van der Waals surface area contributed by atoms with Crippen molar-refractivity contribution in [3.63, 3.8) is 0 Å². The van der Waals surface area contributed by atoms with Crippen LogP contribution < -0.4 is 11.5 Å². The van der Waals surface area contributed by atoms with Crippen molar-refractivity contribution in [2.45, 2.75) is 29.0 Å². The van der Waals surface area contributed by atoms with Crippen molar-refractivity contribution >= 4 is 23.5 Å². The highest BCUT2D eigenvalue weighted by atomic mass is 32.2. The zero-order valence-corrected chi connectivity index (χ0v) is 14.1. The molecule has 1 aliphatic carbocycles. The first-order valence-corrected chi connectivity index (χ1v) is 8.59. The maximum atomic E-state index is 12.0. The van der Waals surface area contributed by atoms with E-state index in [1.54, 1.807) is 12.1 Å². The Labute approximate surface area is 149 Å². The maximum absolute atomic E-state index is 12.0. The number of nitrogen functional groups attached to an aromatic ring is 1. The Morgan fingerprint density at radius 3 is 2.36 bits per heavy atom. The van der Waals surface area contributed by atoms with Gasteiger partial charge in [0.05, 0.1) is 11.1 Å². The lowest BCUT2D eigenvalue weighted by molar-refractivity contribution is -0.117. The van der Waals surface area contributed by atoms with E-state index in [4.69, 9.17) is 11.5 Å². The number of carbonyl (C=O) groups is 1. The Morgan fingerprint density at radius 2 is 1.84 bits per heavy atom. The van der Waals surface area contributed by atoms with E-state index in [-0.39, 0.29) is 17.3 Å². The van der Waals surface area contributed by atoms with Gasteiger partial charge in [0.15, 0.2) is 0 Å². The Morgan fingerprint density at radius 1 is 1.20 bits per heavy atom. The molecule has 3 rings (SSSR count). The van der Waals surface area contributed by atoms with E-state index in [2.05, 4.69) is 17.1 Å². The molecule has 6 nitrogen and oxygen atoms in total. The Kier molecular flexibility index (Phi) is 4.60. The van der Waals surface area contributed by atoms with Gasteiger partial charge in [0.25, 0.3) is 0 Å². The van der Waals surface area contributed by atoms with Crippen LogP contribution in [0, 0.1) is 22.7 Å². The molecule has 1 aromatic heterocycles. The van der Waals surface area contributed by atoms with Crippen LogP contribution in [0.15, 0.2) is 35.4 Å². The molecule has 1 saturated carbocycles. The van der Waals surface area contributed by atoms with E-state index in [1.807, 2.05) is 18.2 Å². The van der Waals surface area contributed by atoms with Gasteiger partial charge in [-0.1, -0.05) is 42.1 Å². The van der Waals surface area contributed by atoms with Gasteiger partial charge in [-0.25, -0.2) is 4.98 Å². The summed E-state index contributed by atoms with van der Waals surface area (Å²) in [6.45, 7) is 0. The highest BCUT2D eigenvalue weighted by Gasteiger charge is 2.33. The Bertz CT molecular complexity index is 910. The number of amides is 1. The second-order valence-electron chi connectivity index (χ2n) is 5.77. The van der Waals surface area contributed by atoms with Crippen LogP contribution in [0.4, 0.5) is 5.82 Å². The molecule has 0 saturated heterocycles. The topological polar surface area (TPSA) is 130 Å². The first-order valence-electron chi connectivity index (χ1n) is 7.71. The second kappa shape index (κ2) is 6.84. The highest BCUT2D eigenvalue weighted by molar-refractivity contribution is 8.00. The third-order valence-corrected chi connectivity index (χ3v) is 5.29. The molecule has 0 radical (unpaired) electrons. The smallest absolute Gasteiger partial charge is 0.235 e. The van der Waals surface area contributed by atoms with E-state index in [9.17, 15) is 15.3 Å². The summed E-state index contributed by atoms with van der Waals surface area (Å²) in [6.07, 6.45) is 1.82. The van der Waals surface area contributed by atoms with Gasteiger partial charge in [-0.05, 0) is 29.9 Å². The van der Waals surface area contributed by atoms with Crippen LogP contribution in [0.25, 0.3) is 0 Å². The first kappa shape index (κ1) is 16.8. The van der Waals surface area contributed by atoms with Gasteiger partial charge in [-0.3, -0.25) is 4.79 Å². The van der Waals surface area contributed by atoms with E-state index < -0.39 is 11.2 Å². The number of primary amides is 1. The van der Waals surface area contributed by atoms with Crippen LogP contribution in [0.2, 0.25) is 0 Å². The van der Waals surface area contributed by atoms with E-state index in [0.29, 0.717) is 16.2 Å². The van der Waals surface area contributed by atoms with Gasteiger partial charge in [0, 0.05) is 0 Å². The summed E-state index contributed by atoms with van der Waals surface area (Å²) in [6, 6.07) is 13.3. The molecule has 1 unspecified atom stereocenters. The summed E-state index contributed by atoms with van der Waals surface area (Å²) in [4.78, 5) is 16.2. The van der Waals surface area contributed by atoms with Crippen LogP contribution in [0.3, 0.4) is 0 Å². The van der Waals surface area contributed by atoms with Crippen molar-refractivity contribution in [1.29, 1.82) is 10.5 Å². The zero-order valence-electron chi connectivity index (χ0n) is 13.3. The number of thioether (sulfide) groups is 1. The Balaban J connectivity index is 2.09. The summed E-state index contributed by atoms with van der Waals surface area (Å²) in [5.41, 5.74) is 13.5.